The number of primary amides is 1. The van der Waals surface area contributed by atoms with E-state index in [0.717, 1.165) is 51.9 Å². The minimum Gasteiger partial charge on any atom is -0.381 e. The Morgan fingerprint density at radius 3 is 2.67 bits per heavy atom. The third kappa shape index (κ3) is 4.92. The first-order chi connectivity index (χ1) is 8.58. The van der Waals surface area contributed by atoms with Gasteiger partial charge in [-0.3, -0.25) is 4.79 Å². The minimum absolute atomic E-state index is 0.296. The quantitative estimate of drug-likeness (QED) is 0.632. The Kier molecular flexibility index (Phi) is 6.60. The molecule has 106 valence electrons. The van der Waals surface area contributed by atoms with Gasteiger partial charge in [-0.1, -0.05) is 0 Å². The average molecular weight is 258 g/mol. The van der Waals surface area contributed by atoms with Crippen LogP contribution in [-0.2, 0) is 14.3 Å². The van der Waals surface area contributed by atoms with Crippen LogP contribution in [0.15, 0.2) is 0 Å². The molecule has 0 spiro atoms. The van der Waals surface area contributed by atoms with Gasteiger partial charge < -0.3 is 20.5 Å². The van der Waals surface area contributed by atoms with Crippen molar-refractivity contribution in [3.05, 3.63) is 0 Å². The van der Waals surface area contributed by atoms with Crippen LogP contribution in [0, 0.1) is 0 Å². The van der Waals surface area contributed by atoms with Crippen LogP contribution in [0.5, 0.6) is 0 Å². The van der Waals surface area contributed by atoms with Crippen molar-refractivity contribution in [2.24, 2.45) is 5.73 Å². The van der Waals surface area contributed by atoms with Crippen LogP contribution in [-0.4, -0.2) is 44.4 Å². The first-order valence-electron chi connectivity index (χ1n) is 6.76. The van der Waals surface area contributed by atoms with Gasteiger partial charge in [0.25, 0.3) is 0 Å². The summed E-state index contributed by atoms with van der Waals surface area (Å²) in [5, 5.41) is 2.99. The molecular weight excluding hydrogens is 232 g/mol. The van der Waals surface area contributed by atoms with Gasteiger partial charge in [-0.15, -0.1) is 0 Å². The molecule has 0 aromatic heterocycles. The summed E-state index contributed by atoms with van der Waals surface area (Å²) in [6, 6.07) is 0. The molecule has 1 unspecified atom stereocenters. The Balaban J connectivity index is 2.08. The normalized spacial score (nSPS) is 20.6. The molecule has 0 radical (unpaired) electrons. The highest BCUT2D eigenvalue weighted by atomic mass is 16.5. The molecular formula is C13H26N2O3. The summed E-state index contributed by atoms with van der Waals surface area (Å²) in [5.74, 6) is -0.296. The fraction of sp³-hybridized carbons (Fsp3) is 0.923. The smallest absolute Gasteiger partial charge is 0.237 e. The number of nitrogens with two attached hydrogens (primary N) is 1. The Morgan fingerprint density at radius 1 is 1.44 bits per heavy atom. The van der Waals surface area contributed by atoms with Crippen molar-refractivity contribution >= 4 is 5.91 Å². The maximum Gasteiger partial charge on any atom is 0.237 e. The lowest BCUT2D eigenvalue weighted by Gasteiger charge is -2.26. The molecule has 1 saturated heterocycles. The molecule has 1 rings (SSSR count). The number of ether oxygens (including phenoxy) is 2. The number of amides is 1. The van der Waals surface area contributed by atoms with Crippen molar-refractivity contribution in [3.63, 3.8) is 0 Å². The number of hydrogen-bond donors (Lipinski definition) is 2. The number of carbonyl (C=O) groups is 1. The van der Waals surface area contributed by atoms with Crippen LogP contribution in [0.3, 0.4) is 0 Å². The monoisotopic (exact) mass is 258 g/mol. The van der Waals surface area contributed by atoms with Crippen LogP contribution >= 0.6 is 0 Å². The van der Waals surface area contributed by atoms with Crippen LogP contribution in [0.4, 0.5) is 0 Å². The van der Waals surface area contributed by atoms with E-state index < -0.39 is 5.54 Å². The van der Waals surface area contributed by atoms with Gasteiger partial charge in [0.1, 0.15) is 0 Å². The van der Waals surface area contributed by atoms with Gasteiger partial charge in [0.2, 0.25) is 5.91 Å². The van der Waals surface area contributed by atoms with Crippen molar-refractivity contribution in [1.29, 1.82) is 0 Å². The molecule has 18 heavy (non-hydrogen) atoms. The first kappa shape index (κ1) is 15.4. The SMILES string of the molecule is CNC(C)(CCCCOC1CCOCC1)C(N)=O. The minimum atomic E-state index is -0.599. The molecule has 0 saturated carbocycles. The number of likely N-dealkylation sites (N-methyl/N-ethyl adjacent to an activating group) is 1. The molecule has 0 bridgehead atoms. The van der Waals surface area contributed by atoms with Crippen molar-refractivity contribution < 1.29 is 14.3 Å². The molecule has 1 atom stereocenters. The Labute approximate surface area is 109 Å². The zero-order valence-electron chi connectivity index (χ0n) is 11.5. The van der Waals surface area contributed by atoms with Crippen molar-refractivity contribution in [3.8, 4) is 0 Å². The van der Waals surface area contributed by atoms with Gasteiger partial charge >= 0.3 is 0 Å². The third-order valence-electron chi connectivity index (χ3n) is 3.69. The highest BCUT2D eigenvalue weighted by Gasteiger charge is 2.27. The second-order valence-corrected chi connectivity index (χ2v) is 5.09. The molecule has 1 aliphatic heterocycles. The zero-order valence-corrected chi connectivity index (χ0v) is 11.5. The number of unbranched alkanes of at least 4 members (excludes halogenated alkanes) is 1. The highest BCUT2D eigenvalue weighted by Crippen LogP contribution is 2.15. The third-order valence-corrected chi connectivity index (χ3v) is 3.69. The van der Waals surface area contributed by atoms with Gasteiger partial charge in [0, 0.05) is 19.8 Å². The van der Waals surface area contributed by atoms with Crippen molar-refractivity contribution in [1.82, 2.24) is 5.32 Å². The molecule has 5 heteroatoms. The molecule has 0 aliphatic carbocycles. The molecule has 1 aliphatic rings. The van der Waals surface area contributed by atoms with E-state index in [1.807, 2.05) is 6.92 Å². The van der Waals surface area contributed by atoms with Crippen LogP contribution in [0.1, 0.15) is 39.0 Å². The number of carbonyl (C=O) groups excluding carboxylic acids is 1. The predicted molar refractivity (Wildman–Crippen MR) is 70.3 cm³/mol. The molecule has 5 nitrogen and oxygen atoms in total. The maximum atomic E-state index is 11.3. The van der Waals surface area contributed by atoms with Gasteiger partial charge in [-0.2, -0.15) is 0 Å². The fourth-order valence-electron chi connectivity index (χ4n) is 2.04. The molecule has 3 N–H and O–H groups in total. The van der Waals surface area contributed by atoms with E-state index in [-0.39, 0.29) is 5.91 Å². The van der Waals surface area contributed by atoms with Gasteiger partial charge in [-0.05, 0) is 46.1 Å². The molecule has 1 amide bonds. The lowest BCUT2D eigenvalue weighted by Crippen LogP contribution is -2.51. The second-order valence-electron chi connectivity index (χ2n) is 5.09. The molecule has 0 aromatic carbocycles. The van der Waals surface area contributed by atoms with Crippen LogP contribution in [0.2, 0.25) is 0 Å². The van der Waals surface area contributed by atoms with Crippen molar-refractivity contribution in [2.75, 3.05) is 26.9 Å². The first-order valence-corrected chi connectivity index (χ1v) is 6.76. The predicted octanol–water partition coefficient (Wildman–Crippen LogP) is 0.816. The summed E-state index contributed by atoms with van der Waals surface area (Å²) in [5.41, 5.74) is 4.77. The van der Waals surface area contributed by atoms with E-state index in [1.54, 1.807) is 7.05 Å². The number of rotatable bonds is 8. The van der Waals surface area contributed by atoms with E-state index in [0.29, 0.717) is 6.10 Å². The van der Waals surface area contributed by atoms with Crippen LogP contribution < -0.4 is 11.1 Å². The van der Waals surface area contributed by atoms with Gasteiger partial charge in [0.05, 0.1) is 11.6 Å². The maximum absolute atomic E-state index is 11.3. The number of nitrogens with one attached hydrogen (secondary N) is 1. The van der Waals surface area contributed by atoms with Gasteiger partial charge in [-0.25, -0.2) is 0 Å². The van der Waals surface area contributed by atoms with E-state index >= 15 is 0 Å². The van der Waals surface area contributed by atoms with Gasteiger partial charge in [0.15, 0.2) is 0 Å². The van der Waals surface area contributed by atoms with E-state index in [9.17, 15) is 4.79 Å². The Hall–Kier alpha value is -0.650. The average Bonchev–Trinajstić information content (AvgIpc) is 2.39. The lowest BCUT2D eigenvalue weighted by molar-refractivity contribution is -0.124. The molecule has 1 heterocycles. The van der Waals surface area contributed by atoms with E-state index in [1.165, 1.54) is 0 Å². The summed E-state index contributed by atoms with van der Waals surface area (Å²) in [7, 11) is 1.77. The van der Waals surface area contributed by atoms with E-state index in [4.69, 9.17) is 15.2 Å². The lowest BCUT2D eigenvalue weighted by atomic mass is 9.94. The second kappa shape index (κ2) is 7.71. The summed E-state index contributed by atoms with van der Waals surface area (Å²) in [6.45, 7) is 4.21. The topological polar surface area (TPSA) is 73.6 Å². The van der Waals surface area contributed by atoms with Crippen LogP contribution in [0.25, 0.3) is 0 Å². The zero-order chi connectivity index (χ0) is 13.4. The summed E-state index contributed by atoms with van der Waals surface area (Å²) in [6.07, 6.45) is 4.98. The fourth-order valence-corrected chi connectivity index (χ4v) is 2.04. The summed E-state index contributed by atoms with van der Waals surface area (Å²) in [4.78, 5) is 11.3. The molecule has 1 fully saturated rings. The Morgan fingerprint density at radius 2 is 2.11 bits per heavy atom. The largest absolute Gasteiger partial charge is 0.381 e. The van der Waals surface area contributed by atoms with E-state index in [2.05, 4.69) is 5.32 Å². The van der Waals surface area contributed by atoms with Crippen molar-refractivity contribution in [2.45, 2.75) is 50.7 Å². The standard InChI is InChI=1S/C13H26N2O3/c1-13(15-2,12(14)16)7-3-4-8-18-11-5-9-17-10-6-11/h11,15H,3-10H2,1-2H3,(H2,14,16). The highest BCUT2D eigenvalue weighted by molar-refractivity contribution is 5.84. The number of hydrogen-bond acceptors (Lipinski definition) is 4. The summed E-state index contributed by atoms with van der Waals surface area (Å²) < 4.78 is 11.0. The molecule has 0 aromatic rings. The summed E-state index contributed by atoms with van der Waals surface area (Å²) >= 11 is 0. The Bertz CT molecular complexity index is 255.